The molecule has 1 unspecified atom stereocenters. The molecular weight excluding hydrogens is 345 g/mol. The first kappa shape index (κ1) is 18.9. The van der Waals surface area contributed by atoms with Crippen molar-refractivity contribution in [3.8, 4) is 0 Å². The van der Waals surface area contributed by atoms with Crippen LogP contribution in [-0.2, 0) is 11.0 Å². The number of piperazine rings is 1. The zero-order valence-corrected chi connectivity index (χ0v) is 15.0. The Morgan fingerprint density at radius 2 is 1.92 bits per heavy atom. The van der Waals surface area contributed by atoms with Crippen molar-refractivity contribution in [2.24, 2.45) is 5.92 Å². The lowest BCUT2D eigenvalue weighted by Crippen LogP contribution is -2.51. The van der Waals surface area contributed by atoms with Crippen LogP contribution in [0, 0.1) is 5.92 Å². The van der Waals surface area contributed by atoms with Crippen LogP contribution < -0.4 is 4.90 Å². The van der Waals surface area contributed by atoms with Gasteiger partial charge in [0.25, 0.3) is 0 Å². The molecule has 1 aromatic rings. The average Bonchev–Trinajstić information content (AvgIpc) is 2.62. The van der Waals surface area contributed by atoms with E-state index in [0.29, 0.717) is 44.5 Å². The van der Waals surface area contributed by atoms with E-state index in [-0.39, 0.29) is 5.91 Å². The van der Waals surface area contributed by atoms with Crippen molar-refractivity contribution in [2.45, 2.75) is 25.9 Å². The standard InChI is InChI=1S/C18H25F3N4O/c1-14-3-2-6-25(12-14)17(26)13-23-7-9-24(10-8-23)16-5-4-15(11-22-16)18(19,20)21/h4-5,11,14H,2-3,6-10,12-13H2,1H3. The van der Waals surface area contributed by atoms with Crippen LogP contribution >= 0.6 is 0 Å². The molecule has 1 atom stereocenters. The topological polar surface area (TPSA) is 39.7 Å². The van der Waals surface area contributed by atoms with Crippen molar-refractivity contribution < 1.29 is 18.0 Å². The first-order valence-electron chi connectivity index (χ1n) is 9.11. The fraction of sp³-hybridized carbons (Fsp3) is 0.667. The van der Waals surface area contributed by atoms with Gasteiger partial charge < -0.3 is 9.80 Å². The minimum Gasteiger partial charge on any atom is -0.354 e. The summed E-state index contributed by atoms with van der Waals surface area (Å²) in [5, 5.41) is 0. The molecule has 0 radical (unpaired) electrons. The molecule has 0 spiro atoms. The Hall–Kier alpha value is -1.83. The number of amides is 1. The summed E-state index contributed by atoms with van der Waals surface area (Å²) < 4.78 is 37.8. The van der Waals surface area contributed by atoms with Gasteiger partial charge in [0.15, 0.2) is 0 Å². The van der Waals surface area contributed by atoms with Crippen LogP contribution in [-0.4, -0.2) is 66.5 Å². The van der Waals surface area contributed by atoms with Crippen molar-refractivity contribution in [2.75, 3.05) is 50.7 Å². The fourth-order valence-electron chi connectivity index (χ4n) is 3.58. The van der Waals surface area contributed by atoms with E-state index in [1.54, 1.807) is 0 Å². The molecule has 3 heterocycles. The van der Waals surface area contributed by atoms with Crippen LogP contribution in [0.4, 0.5) is 19.0 Å². The molecule has 2 fully saturated rings. The number of pyridine rings is 1. The highest BCUT2D eigenvalue weighted by atomic mass is 19.4. The molecule has 1 aromatic heterocycles. The number of likely N-dealkylation sites (tertiary alicyclic amines) is 1. The zero-order valence-electron chi connectivity index (χ0n) is 15.0. The summed E-state index contributed by atoms with van der Waals surface area (Å²) in [6, 6.07) is 2.48. The third-order valence-electron chi connectivity index (χ3n) is 5.14. The number of alkyl halides is 3. The normalized spacial score (nSPS) is 22.5. The minimum atomic E-state index is -4.36. The largest absolute Gasteiger partial charge is 0.417 e. The van der Waals surface area contributed by atoms with Gasteiger partial charge in [0.1, 0.15) is 5.82 Å². The summed E-state index contributed by atoms with van der Waals surface area (Å²) in [7, 11) is 0. The highest BCUT2D eigenvalue weighted by molar-refractivity contribution is 5.78. The van der Waals surface area contributed by atoms with Gasteiger partial charge in [-0.2, -0.15) is 13.2 Å². The zero-order chi connectivity index (χ0) is 18.7. The van der Waals surface area contributed by atoms with Crippen molar-refractivity contribution in [1.82, 2.24) is 14.8 Å². The molecule has 0 aromatic carbocycles. The average molecular weight is 370 g/mol. The van der Waals surface area contributed by atoms with Crippen LogP contribution in [0.3, 0.4) is 0 Å². The fourth-order valence-corrected chi connectivity index (χ4v) is 3.58. The molecule has 144 valence electrons. The van der Waals surface area contributed by atoms with Gasteiger partial charge in [-0.3, -0.25) is 9.69 Å². The van der Waals surface area contributed by atoms with Gasteiger partial charge >= 0.3 is 6.18 Å². The summed E-state index contributed by atoms with van der Waals surface area (Å²) in [4.78, 5) is 22.4. The molecule has 2 aliphatic heterocycles. The van der Waals surface area contributed by atoms with Gasteiger partial charge in [0, 0.05) is 45.5 Å². The van der Waals surface area contributed by atoms with E-state index >= 15 is 0 Å². The van der Waals surface area contributed by atoms with E-state index in [4.69, 9.17) is 0 Å². The lowest BCUT2D eigenvalue weighted by atomic mass is 10.0. The number of nitrogens with zero attached hydrogens (tertiary/aromatic N) is 4. The Morgan fingerprint density at radius 1 is 1.19 bits per heavy atom. The second-order valence-corrected chi connectivity index (χ2v) is 7.25. The predicted molar refractivity (Wildman–Crippen MR) is 92.9 cm³/mol. The smallest absolute Gasteiger partial charge is 0.354 e. The number of anilines is 1. The van der Waals surface area contributed by atoms with E-state index in [0.717, 1.165) is 31.8 Å². The molecule has 0 bridgehead atoms. The Kier molecular flexibility index (Phi) is 5.70. The van der Waals surface area contributed by atoms with E-state index in [1.165, 1.54) is 12.5 Å². The van der Waals surface area contributed by atoms with Crippen LogP contribution in [0.15, 0.2) is 18.3 Å². The number of carbonyl (C=O) groups excluding carboxylic acids is 1. The summed E-state index contributed by atoms with van der Waals surface area (Å²) in [5.41, 5.74) is -0.735. The van der Waals surface area contributed by atoms with E-state index in [9.17, 15) is 18.0 Å². The first-order valence-corrected chi connectivity index (χ1v) is 9.11. The van der Waals surface area contributed by atoms with Crippen LogP contribution in [0.2, 0.25) is 0 Å². The summed E-state index contributed by atoms with van der Waals surface area (Å²) in [5.74, 6) is 1.29. The molecule has 26 heavy (non-hydrogen) atoms. The maximum atomic E-state index is 12.6. The van der Waals surface area contributed by atoms with E-state index in [2.05, 4.69) is 16.8 Å². The van der Waals surface area contributed by atoms with Gasteiger partial charge in [-0.1, -0.05) is 6.92 Å². The molecule has 2 aliphatic rings. The number of rotatable bonds is 3. The number of halogens is 3. The van der Waals surface area contributed by atoms with Crippen molar-refractivity contribution in [1.29, 1.82) is 0 Å². The molecule has 0 N–H and O–H groups in total. The Bertz CT molecular complexity index is 612. The van der Waals surface area contributed by atoms with Gasteiger partial charge in [-0.05, 0) is 30.9 Å². The Morgan fingerprint density at radius 3 is 2.50 bits per heavy atom. The third-order valence-corrected chi connectivity index (χ3v) is 5.14. The highest BCUT2D eigenvalue weighted by Gasteiger charge is 2.31. The van der Waals surface area contributed by atoms with Gasteiger partial charge in [0.2, 0.25) is 5.91 Å². The van der Waals surface area contributed by atoms with Gasteiger partial charge in [-0.25, -0.2) is 4.98 Å². The number of carbonyl (C=O) groups is 1. The van der Waals surface area contributed by atoms with Crippen LogP contribution in [0.25, 0.3) is 0 Å². The van der Waals surface area contributed by atoms with Crippen LogP contribution in [0.1, 0.15) is 25.3 Å². The number of hydrogen-bond acceptors (Lipinski definition) is 4. The molecule has 8 heteroatoms. The van der Waals surface area contributed by atoms with Crippen molar-refractivity contribution in [3.63, 3.8) is 0 Å². The molecule has 3 rings (SSSR count). The highest BCUT2D eigenvalue weighted by Crippen LogP contribution is 2.29. The molecule has 2 saturated heterocycles. The SMILES string of the molecule is CC1CCCN(C(=O)CN2CCN(c3ccc(C(F)(F)F)cn3)CC2)C1. The number of aromatic nitrogens is 1. The van der Waals surface area contributed by atoms with E-state index in [1.807, 2.05) is 9.80 Å². The molecular formula is C18H25F3N4O. The summed E-state index contributed by atoms with van der Waals surface area (Å²) in [6.45, 7) is 7.00. The lowest BCUT2D eigenvalue weighted by molar-refractivity contribution is -0.138. The second-order valence-electron chi connectivity index (χ2n) is 7.25. The van der Waals surface area contributed by atoms with Gasteiger partial charge in [0.05, 0.1) is 12.1 Å². The third kappa shape index (κ3) is 4.66. The maximum Gasteiger partial charge on any atom is 0.417 e. The molecule has 0 saturated carbocycles. The quantitative estimate of drug-likeness (QED) is 0.820. The molecule has 1 amide bonds. The predicted octanol–water partition coefficient (Wildman–Crippen LogP) is 2.48. The van der Waals surface area contributed by atoms with Crippen molar-refractivity contribution in [3.05, 3.63) is 23.9 Å². The van der Waals surface area contributed by atoms with Gasteiger partial charge in [-0.15, -0.1) is 0 Å². The number of piperidine rings is 1. The Balaban J connectivity index is 1.49. The molecule has 0 aliphatic carbocycles. The first-order chi connectivity index (χ1) is 12.3. The number of hydrogen-bond donors (Lipinski definition) is 0. The molecule has 5 nitrogen and oxygen atoms in total. The van der Waals surface area contributed by atoms with E-state index < -0.39 is 11.7 Å². The summed E-state index contributed by atoms with van der Waals surface area (Å²) in [6.07, 6.45) is -1.23. The monoisotopic (exact) mass is 370 g/mol. The minimum absolute atomic E-state index is 0.178. The second kappa shape index (κ2) is 7.82. The van der Waals surface area contributed by atoms with Crippen LogP contribution in [0.5, 0.6) is 0 Å². The van der Waals surface area contributed by atoms with Crippen molar-refractivity contribution >= 4 is 11.7 Å². The lowest BCUT2D eigenvalue weighted by Gasteiger charge is -2.37. The summed E-state index contributed by atoms with van der Waals surface area (Å²) >= 11 is 0. The maximum absolute atomic E-state index is 12.6. The Labute approximate surface area is 151 Å².